The first kappa shape index (κ1) is 67.1. The number of aromatic hydroxyl groups is 1. The van der Waals surface area contributed by atoms with Gasteiger partial charge in [0, 0.05) is 101 Å². The summed E-state index contributed by atoms with van der Waals surface area (Å²) in [6.07, 6.45) is 6.62. The molecule has 83 heavy (non-hydrogen) atoms. The van der Waals surface area contributed by atoms with Crippen molar-refractivity contribution in [3.63, 3.8) is 0 Å². The number of ether oxygens (including phenoxy) is 1. The maximum Gasteiger partial charge on any atom is 0.306 e. The molecule has 5 rings (SSSR count). The van der Waals surface area contributed by atoms with Crippen LogP contribution in [0.15, 0.2) is 47.9 Å². The average Bonchev–Trinajstić information content (AvgIpc) is 4.30. The van der Waals surface area contributed by atoms with Crippen molar-refractivity contribution in [2.75, 3.05) is 79.8 Å². The minimum absolute atomic E-state index is 0.00817. The Morgan fingerprint density at radius 1 is 0.843 bits per heavy atom. The molecule has 27 heteroatoms. The summed E-state index contributed by atoms with van der Waals surface area (Å²) >= 11 is 1.07. The van der Waals surface area contributed by atoms with Gasteiger partial charge in [-0.05, 0) is 90.0 Å². The first-order valence-corrected chi connectivity index (χ1v) is 30.4. The fourth-order valence-corrected chi connectivity index (χ4v) is 13.7. The van der Waals surface area contributed by atoms with Crippen LogP contribution in [0.3, 0.4) is 0 Å². The van der Waals surface area contributed by atoms with E-state index >= 15 is 4.57 Å². The van der Waals surface area contributed by atoms with Gasteiger partial charge in [-0.1, -0.05) is 53.5 Å². The Morgan fingerprint density at radius 3 is 1.95 bits per heavy atom. The lowest BCUT2D eigenvalue weighted by Gasteiger charge is -2.41. The number of carbonyl (C=O) groups is 10. The van der Waals surface area contributed by atoms with Gasteiger partial charge in [0.2, 0.25) is 17.7 Å². The number of hydrogen-bond acceptors (Lipinski definition) is 16. The van der Waals surface area contributed by atoms with Crippen LogP contribution in [0, 0.1) is 17.8 Å². The number of carboxylic acid groups (broad SMARTS) is 1. The number of carboxylic acids is 1. The largest absolute Gasteiger partial charge is 0.506 e. The number of rotatable bonds is 31. The van der Waals surface area contributed by atoms with E-state index in [1.807, 2.05) is 39.6 Å². The molecule has 0 saturated carbocycles. The van der Waals surface area contributed by atoms with Crippen LogP contribution in [0.2, 0.25) is 0 Å². The van der Waals surface area contributed by atoms with E-state index in [0.29, 0.717) is 18.4 Å². The van der Waals surface area contributed by atoms with Crippen LogP contribution in [0.4, 0.5) is 5.69 Å². The third-order valence-electron chi connectivity index (χ3n) is 15.6. The first-order chi connectivity index (χ1) is 39.1. The van der Waals surface area contributed by atoms with E-state index in [1.54, 1.807) is 18.0 Å². The second-order valence-electron chi connectivity index (χ2n) is 22.0. The lowest BCUT2D eigenvalue weighted by atomic mass is 9.92. The minimum atomic E-state index is -3.85. The van der Waals surface area contributed by atoms with Crippen molar-refractivity contribution in [2.24, 2.45) is 17.8 Å². The second kappa shape index (κ2) is 30.2. The van der Waals surface area contributed by atoms with E-state index in [0.717, 1.165) is 64.8 Å². The fraction of sp³-hybridized carbons (Fsp3) is 0.589. The van der Waals surface area contributed by atoms with E-state index < -0.39 is 85.1 Å². The van der Waals surface area contributed by atoms with Crippen molar-refractivity contribution < 1.29 is 67.5 Å². The number of benzene rings is 1. The highest BCUT2D eigenvalue weighted by molar-refractivity contribution is 7.56. The molecule has 0 bridgehead atoms. The summed E-state index contributed by atoms with van der Waals surface area (Å²) in [5.41, 5.74) is 0.442. The maximum absolute atomic E-state index is 15.1. The Balaban J connectivity index is 1.28. The number of piperidine rings is 1. The Hall–Kier alpha value is -6.70. The quantitative estimate of drug-likeness (QED) is 0.0310. The summed E-state index contributed by atoms with van der Waals surface area (Å²) in [5, 5.41) is 31.3. The zero-order valence-corrected chi connectivity index (χ0v) is 51.1. The van der Waals surface area contributed by atoms with Crippen LogP contribution in [0.25, 0.3) is 0 Å². The molecule has 0 spiro atoms. The van der Waals surface area contributed by atoms with Gasteiger partial charge in [0.15, 0.2) is 6.10 Å². The number of aliphatic carboxylic acids is 1. The molecule has 5 N–H and O–H groups in total. The third-order valence-corrected chi connectivity index (χ3v) is 19.8. The molecule has 1 saturated heterocycles. The van der Waals surface area contributed by atoms with Crippen molar-refractivity contribution in [3.8, 4) is 5.75 Å². The van der Waals surface area contributed by atoms with Gasteiger partial charge in [-0.2, -0.15) is 0 Å². The SMILES string of the molecule is CC[C@H](C)[C@H](NC(=O)[C@H]1CCCCN1C)C(=O)N(C)[C@H](C[C@@H](OC(C)=O)c1nc(C(=O)N[C@@H](Cc2ccc(O)c(NC(=O)CCN(C)P(=O)(N(C)CCN3C(=O)C=CC3=O)N(C)CCN3C(=O)C=CC3=O)c2)CC(C)C(=O)O)cs1)C(C)C. The monoisotopic (exact) mass is 1200 g/mol. The molecule has 25 nitrogen and oxygen atoms in total. The average molecular weight is 1200 g/mol. The number of phenols is 1. The number of imide groups is 2. The summed E-state index contributed by atoms with van der Waals surface area (Å²) < 4.78 is 25.2. The highest BCUT2D eigenvalue weighted by Gasteiger charge is 2.41. The molecule has 4 heterocycles. The Morgan fingerprint density at radius 2 is 1.42 bits per heavy atom. The van der Waals surface area contributed by atoms with Gasteiger partial charge in [-0.3, -0.25) is 67.2 Å². The number of hydrogen-bond donors (Lipinski definition) is 5. The summed E-state index contributed by atoms with van der Waals surface area (Å²) in [5.74, 6) is -7.17. The maximum atomic E-state index is 15.1. The predicted molar refractivity (Wildman–Crippen MR) is 309 cm³/mol. The number of esters is 1. The number of likely N-dealkylation sites (N-methyl/N-ethyl adjacent to an activating group) is 4. The number of aromatic nitrogens is 1. The van der Waals surface area contributed by atoms with Gasteiger partial charge in [-0.15, -0.1) is 11.3 Å². The van der Waals surface area contributed by atoms with Crippen molar-refractivity contribution in [1.29, 1.82) is 0 Å². The number of likely N-dealkylation sites (tertiary alicyclic amines) is 1. The van der Waals surface area contributed by atoms with Gasteiger partial charge in [0.05, 0.1) is 17.6 Å². The van der Waals surface area contributed by atoms with E-state index in [2.05, 4.69) is 20.9 Å². The Kier molecular flexibility index (Phi) is 24.4. The highest BCUT2D eigenvalue weighted by Crippen LogP contribution is 2.54. The predicted octanol–water partition coefficient (Wildman–Crippen LogP) is 3.88. The van der Waals surface area contributed by atoms with Gasteiger partial charge in [-0.25, -0.2) is 19.0 Å². The van der Waals surface area contributed by atoms with E-state index in [9.17, 15) is 58.2 Å². The van der Waals surface area contributed by atoms with Crippen LogP contribution >= 0.6 is 18.9 Å². The molecule has 1 aromatic carbocycles. The van der Waals surface area contributed by atoms with Crippen LogP contribution in [0.1, 0.15) is 114 Å². The number of amides is 8. The van der Waals surface area contributed by atoms with Crippen LogP contribution in [-0.4, -0.2) is 207 Å². The van der Waals surface area contributed by atoms with Crippen molar-refractivity contribution in [1.82, 2.24) is 49.2 Å². The molecular weight excluding hydrogens is 1110 g/mol. The van der Waals surface area contributed by atoms with Crippen molar-refractivity contribution >= 4 is 83.8 Å². The first-order valence-electron chi connectivity index (χ1n) is 27.9. The molecule has 1 fully saturated rings. The molecule has 3 aliphatic heterocycles. The van der Waals surface area contributed by atoms with Crippen LogP contribution in [0.5, 0.6) is 5.75 Å². The van der Waals surface area contributed by atoms with E-state index in [-0.39, 0.29) is 110 Å². The number of nitrogens with one attached hydrogen (secondary N) is 3. The smallest absolute Gasteiger partial charge is 0.306 e. The number of nitrogens with zero attached hydrogens (tertiary/aromatic N) is 8. The molecule has 1 aromatic heterocycles. The zero-order chi connectivity index (χ0) is 61.6. The van der Waals surface area contributed by atoms with Gasteiger partial charge >= 0.3 is 11.9 Å². The molecule has 3 aliphatic rings. The number of phenolic OH excluding ortho intramolecular Hbond substituents is 1. The number of anilines is 1. The molecule has 1 unspecified atom stereocenters. The van der Waals surface area contributed by atoms with Gasteiger partial charge in [0.25, 0.3) is 37.1 Å². The van der Waals surface area contributed by atoms with Crippen LogP contribution < -0.4 is 16.0 Å². The van der Waals surface area contributed by atoms with Crippen LogP contribution in [-0.2, 0) is 58.9 Å². The molecule has 7 atom stereocenters. The summed E-state index contributed by atoms with van der Waals surface area (Å²) in [7, 11) is 4.28. The second-order valence-corrected chi connectivity index (χ2v) is 26.0. The number of carbonyl (C=O) groups excluding carboxylic acids is 9. The summed E-state index contributed by atoms with van der Waals surface area (Å²) in [4.78, 5) is 140. The molecule has 0 aliphatic carbocycles. The Labute approximate surface area is 489 Å². The topological polar surface area (TPSA) is 309 Å². The summed E-state index contributed by atoms with van der Waals surface area (Å²) in [6.45, 7) is 10.8. The van der Waals surface area contributed by atoms with Crippen molar-refractivity contribution in [3.05, 3.63) is 64.1 Å². The lowest BCUT2D eigenvalue weighted by Crippen LogP contribution is -2.58. The zero-order valence-electron chi connectivity index (χ0n) is 49.4. The molecule has 456 valence electrons. The van der Waals surface area contributed by atoms with E-state index in [1.165, 1.54) is 66.5 Å². The minimum Gasteiger partial charge on any atom is -0.506 e. The Bertz CT molecular complexity index is 2750. The normalized spacial score (nSPS) is 18.0. The number of thiazole rings is 1. The van der Waals surface area contributed by atoms with E-state index in [4.69, 9.17) is 4.74 Å². The molecular formula is C56H82N11O14PS. The lowest BCUT2D eigenvalue weighted by molar-refractivity contribution is -0.149. The van der Waals surface area contributed by atoms with Crippen molar-refractivity contribution in [2.45, 2.75) is 123 Å². The molecule has 0 radical (unpaired) electrons. The fourth-order valence-electron chi connectivity index (χ4n) is 10.3. The summed E-state index contributed by atoms with van der Waals surface area (Å²) in [6, 6.07) is 1.87. The van der Waals surface area contributed by atoms with Gasteiger partial charge < -0.3 is 35.8 Å². The molecule has 8 amide bonds. The van der Waals surface area contributed by atoms with Gasteiger partial charge in [0.1, 0.15) is 22.5 Å². The highest BCUT2D eigenvalue weighted by atomic mass is 32.1. The standard InChI is InChI=1S/C56H82N11O14PS/c1-12-35(4)51(60-53(76)42-15-13-14-23-61(42)7)55(77)65(11)43(34(2)3)32-45(81-37(6)68)54-59-41(33-83-54)52(75)57-39(29-36(5)56(78)79)30-38-16-17-44(69)40(31-38)58-46(70)22-24-62(8)82(80,63(9)25-27-66-47(71)18-19-48(66)72)64(10)26-28-67-49(73)20-21-50(67)74/h16-21,31,33-36,39,42-43,45,51,69H,12-15,22-30,32H2,1-11H3,(H,57,75)(H,58,70)(H,60,76)(H,78,79)/t35-,36?,39+,42+,43+,45+,51-/m0/s1. The third kappa shape index (κ3) is 17.7. The molecule has 2 aromatic rings.